The fourth-order valence-corrected chi connectivity index (χ4v) is 2.96. The standard InChI is InChI=1S/C9H13P.Os/c1-8-5-4-6-9(7-8)10(2)3;/h4-7H,1-3H3;. The molecule has 0 atom stereocenters. The van der Waals surface area contributed by atoms with Gasteiger partial charge < -0.3 is 0 Å². The Kier molecular flexibility index (Phi) is 2.85. The van der Waals surface area contributed by atoms with Gasteiger partial charge in [0.25, 0.3) is 0 Å². The summed E-state index contributed by atoms with van der Waals surface area (Å²) in [5.74, 6) is 0. The van der Waals surface area contributed by atoms with Gasteiger partial charge in [-0.05, 0) is 0 Å². The van der Waals surface area contributed by atoms with Crippen molar-refractivity contribution in [2.45, 2.75) is 6.92 Å². The molecule has 2 heteroatoms. The number of benzene rings is 1. The average molecular weight is 342 g/mol. The molecule has 0 nitrogen and oxygen atoms in total. The van der Waals surface area contributed by atoms with Crippen molar-refractivity contribution in [3.8, 4) is 0 Å². The van der Waals surface area contributed by atoms with E-state index >= 15 is 0 Å². The van der Waals surface area contributed by atoms with Crippen molar-refractivity contribution in [1.82, 2.24) is 0 Å². The zero-order valence-corrected chi connectivity index (χ0v) is 10.5. The first-order chi connectivity index (χ1) is 5.00. The summed E-state index contributed by atoms with van der Waals surface area (Å²) < 4.78 is 0. The third-order valence-electron chi connectivity index (χ3n) is 1.61. The quantitative estimate of drug-likeness (QED) is 0.688. The van der Waals surface area contributed by atoms with Crippen molar-refractivity contribution in [2.75, 3.05) is 13.3 Å². The molecule has 62 valence electrons. The second-order valence-corrected chi connectivity index (χ2v) is 14.7. The summed E-state index contributed by atoms with van der Waals surface area (Å²) >= 11 is 2.14. The molecule has 0 aromatic heterocycles. The normalized spacial score (nSPS) is 11.6. The summed E-state index contributed by atoms with van der Waals surface area (Å²) in [4.78, 5) is 0. The Bertz CT molecular complexity index is 298. The maximum atomic E-state index is 2.36. The van der Waals surface area contributed by atoms with Gasteiger partial charge in [0.05, 0.1) is 0 Å². The van der Waals surface area contributed by atoms with E-state index in [1.807, 2.05) is 0 Å². The number of rotatable bonds is 1. The van der Waals surface area contributed by atoms with Gasteiger partial charge in [-0.25, -0.2) is 0 Å². The van der Waals surface area contributed by atoms with Crippen molar-refractivity contribution in [3.05, 3.63) is 29.8 Å². The van der Waals surface area contributed by atoms with Crippen molar-refractivity contribution in [2.24, 2.45) is 0 Å². The van der Waals surface area contributed by atoms with E-state index in [4.69, 9.17) is 0 Å². The third kappa shape index (κ3) is 2.66. The molecule has 0 amide bonds. The minimum absolute atomic E-state index is 0.767. The SMILES string of the molecule is Cc1cccc([P](C)(C)=[Os])c1. The molecule has 1 aromatic carbocycles. The molecule has 0 bridgehead atoms. The maximum absolute atomic E-state index is 2.36. The molecule has 0 unspecified atom stereocenters. The second-order valence-electron chi connectivity index (χ2n) is 3.13. The molecule has 0 fully saturated rings. The molecular formula is C9H13OsP. The Balaban J connectivity index is 3.17. The van der Waals surface area contributed by atoms with Crippen LogP contribution in [0.4, 0.5) is 0 Å². The number of hydrogen-bond donors (Lipinski definition) is 0. The van der Waals surface area contributed by atoms with Crippen LogP contribution in [0.2, 0.25) is 0 Å². The summed E-state index contributed by atoms with van der Waals surface area (Å²) in [7, 11) is 0. The minimum atomic E-state index is -0.767. The molecule has 0 saturated carbocycles. The predicted octanol–water partition coefficient (Wildman–Crippen LogP) is 2.36. The van der Waals surface area contributed by atoms with Crippen molar-refractivity contribution >= 4 is 10.4 Å². The number of hydrogen-bond acceptors (Lipinski definition) is 0. The van der Waals surface area contributed by atoms with Gasteiger partial charge in [-0.1, -0.05) is 0 Å². The molecule has 0 saturated heterocycles. The van der Waals surface area contributed by atoms with E-state index in [0.717, 1.165) is 0 Å². The molecule has 0 spiro atoms. The Morgan fingerprint density at radius 2 is 1.91 bits per heavy atom. The van der Waals surface area contributed by atoms with Gasteiger partial charge in [0.1, 0.15) is 0 Å². The molecule has 1 aromatic rings. The van der Waals surface area contributed by atoms with Gasteiger partial charge in [0, 0.05) is 0 Å². The van der Waals surface area contributed by atoms with E-state index in [-0.39, 0.29) is 0 Å². The Morgan fingerprint density at radius 3 is 2.27 bits per heavy atom. The van der Waals surface area contributed by atoms with Crippen LogP contribution >= 0.6 is 5.09 Å². The average Bonchev–Trinajstić information content (AvgIpc) is 1.86. The van der Waals surface area contributed by atoms with E-state index in [1.165, 1.54) is 10.9 Å². The summed E-state index contributed by atoms with van der Waals surface area (Å²) in [6, 6.07) is 8.86. The van der Waals surface area contributed by atoms with Crippen LogP contribution in [0.25, 0.3) is 0 Å². The summed E-state index contributed by atoms with van der Waals surface area (Å²) in [5.41, 5.74) is 1.38. The molecule has 0 aliphatic heterocycles. The first-order valence-corrected chi connectivity index (χ1v) is 9.56. The van der Waals surface area contributed by atoms with E-state index in [9.17, 15) is 0 Å². The first-order valence-electron chi connectivity index (χ1n) is 3.60. The second kappa shape index (κ2) is 3.34. The molecular weight excluding hydrogens is 329 g/mol. The van der Waals surface area contributed by atoms with Crippen LogP contribution in [0.15, 0.2) is 24.3 Å². The fourth-order valence-electron chi connectivity index (χ4n) is 0.955. The Hall–Kier alpha value is 0.286. The summed E-state index contributed by atoms with van der Waals surface area (Å²) in [6.45, 7) is 6.88. The monoisotopic (exact) mass is 344 g/mol. The van der Waals surface area contributed by atoms with Crippen molar-refractivity contribution < 1.29 is 17.6 Å². The van der Waals surface area contributed by atoms with Crippen LogP contribution in [0.1, 0.15) is 5.56 Å². The molecule has 0 aliphatic carbocycles. The van der Waals surface area contributed by atoms with Gasteiger partial charge in [-0.2, -0.15) is 0 Å². The third-order valence-corrected chi connectivity index (χ3v) is 5.07. The predicted molar refractivity (Wildman–Crippen MR) is 49.6 cm³/mol. The first kappa shape index (κ1) is 9.37. The van der Waals surface area contributed by atoms with Crippen LogP contribution in [0.3, 0.4) is 0 Å². The molecule has 0 N–H and O–H groups in total. The van der Waals surface area contributed by atoms with E-state index in [2.05, 4.69) is 62.1 Å². The van der Waals surface area contributed by atoms with Crippen molar-refractivity contribution in [1.29, 1.82) is 0 Å². The van der Waals surface area contributed by atoms with E-state index in [1.54, 1.807) is 0 Å². The van der Waals surface area contributed by atoms with Crippen LogP contribution in [-0.4, -0.2) is 13.3 Å². The van der Waals surface area contributed by atoms with Crippen LogP contribution in [-0.2, 0) is 17.6 Å². The topological polar surface area (TPSA) is 0 Å². The van der Waals surface area contributed by atoms with Crippen LogP contribution < -0.4 is 5.30 Å². The van der Waals surface area contributed by atoms with Crippen LogP contribution in [0, 0.1) is 6.92 Å². The zero-order valence-electron chi connectivity index (χ0n) is 7.11. The molecule has 0 radical (unpaired) electrons. The van der Waals surface area contributed by atoms with Gasteiger partial charge in [-0.15, -0.1) is 0 Å². The van der Waals surface area contributed by atoms with Crippen molar-refractivity contribution in [3.63, 3.8) is 0 Å². The van der Waals surface area contributed by atoms with Gasteiger partial charge in [0.2, 0.25) is 0 Å². The fraction of sp³-hybridized carbons (Fsp3) is 0.333. The van der Waals surface area contributed by atoms with Gasteiger partial charge in [-0.3, -0.25) is 0 Å². The Morgan fingerprint density at radius 1 is 1.27 bits per heavy atom. The summed E-state index contributed by atoms with van der Waals surface area (Å²) in [5, 5.41) is 0.771. The molecule has 1 rings (SSSR count). The zero-order chi connectivity index (χ0) is 8.48. The summed E-state index contributed by atoms with van der Waals surface area (Å²) in [6.07, 6.45) is 0. The van der Waals surface area contributed by atoms with E-state index in [0.29, 0.717) is 0 Å². The number of aryl methyl sites for hydroxylation is 1. The van der Waals surface area contributed by atoms with Crippen LogP contribution in [0.5, 0.6) is 0 Å². The van der Waals surface area contributed by atoms with Gasteiger partial charge in [0.15, 0.2) is 0 Å². The van der Waals surface area contributed by atoms with E-state index < -0.39 is 5.09 Å². The molecule has 0 heterocycles. The Labute approximate surface area is 78.2 Å². The molecule has 0 aliphatic rings. The molecule has 11 heavy (non-hydrogen) atoms. The van der Waals surface area contributed by atoms with Gasteiger partial charge >= 0.3 is 78.1 Å².